The highest BCUT2D eigenvalue weighted by atomic mass is 16.7. The Morgan fingerprint density at radius 2 is 2.00 bits per heavy atom. The van der Waals surface area contributed by atoms with Gasteiger partial charge < -0.3 is 20.1 Å². The van der Waals surface area contributed by atoms with Gasteiger partial charge in [-0.1, -0.05) is 23.4 Å². The second kappa shape index (κ2) is 7.07. The zero-order chi connectivity index (χ0) is 16.8. The first-order valence-corrected chi connectivity index (χ1v) is 6.49. The third-order valence-electron chi connectivity index (χ3n) is 2.97. The minimum absolute atomic E-state index is 0.0111. The molecule has 0 fully saturated rings. The van der Waals surface area contributed by atoms with Gasteiger partial charge in [0, 0.05) is 23.5 Å². The van der Waals surface area contributed by atoms with E-state index in [4.69, 9.17) is 10.3 Å². The molecule has 0 spiro atoms. The first-order chi connectivity index (χ1) is 11.0. The number of amides is 1. The third kappa shape index (κ3) is 4.06. The minimum Gasteiger partial charge on any atom is -0.481 e. The maximum atomic E-state index is 11.8. The predicted molar refractivity (Wildman–Crippen MR) is 77.7 cm³/mol. The van der Waals surface area contributed by atoms with E-state index in [1.807, 2.05) is 24.3 Å². The van der Waals surface area contributed by atoms with Crippen molar-refractivity contribution in [1.29, 1.82) is 0 Å². The molecule has 0 unspecified atom stereocenters. The van der Waals surface area contributed by atoms with Gasteiger partial charge in [-0.3, -0.25) is 9.59 Å². The van der Waals surface area contributed by atoms with Crippen molar-refractivity contribution < 1.29 is 29.5 Å². The van der Waals surface area contributed by atoms with Crippen LogP contribution in [0, 0.1) is 0 Å². The molecule has 1 aromatic carbocycles. The highest BCUT2D eigenvalue weighted by Gasteiger charge is 2.18. The lowest BCUT2D eigenvalue weighted by atomic mass is 10.1. The van der Waals surface area contributed by atoms with Crippen molar-refractivity contribution in [3.63, 3.8) is 0 Å². The number of carboxylic acids is 1. The van der Waals surface area contributed by atoms with E-state index < -0.39 is 24.3 Å². The number of aromatic nitrogens is 1. The number of carbonyl (C=O) groups excluding carboxylic acids is 2. The molecule has 0 aliphatic carbocycles. The van der Waals surface area contributed by atoms with Crippen molar-refractivity contribution in [2.75, 3.05) is 0 Å². The van der Waals surface area contributed by atoms with E-state index in [9.17, 15) is 14.4 Å². The van der Waals surface area contributed by atoms with E-state index in [0.717, 1.165) is 10.9 Å². The van der Waals surface area contributed by atoms with E-state index in [1.54, 1.807) is 11.7 Å². The molecule has 0 bridgehead atoms. The van der Waals surface area contributed by atoms with Crippen molar-refractivity contribution in [3.05, 3.63) is 36.0 Å². The fourth-order valence-corrected chi connectivity index (χ4v) is 1.94. The molecule has 1 heterocycles. The van der Waals surface area contributed by atoms with E-state index >= 15 is 0 Å². The van der Waals surface area contributed by atoms with Gasteiger partial charge in [-0.05, 0) is 11.6 Å². The van der Waals surface area contributed by atoms with Crippen LogP contribution in [0.25, 0.3) is 10.9 Å². The fourth-order valence-electron chi connectivity index (χ4n) is 1.94. The Kier molecular flexibility index (Phi) is 4.92. The Bertz CT molecular complexity index is 780. The summed E-state index contributed by atoms with van der Waals surface area (Å²) in [5.41, 5.74) is 3.02. The average Bonchev–Trinajstić information content (AvgIpc) is 2.92. The number of oxime groups is 1. The Morgan fingerprint density at radius 1 is 1.26 bits per heavy atom. The van der Waals surface area contributed by atoms with E-state index in [0.29, 0.717) is 5.56 Å². The smallest absolute Gasteiger partial charge is 0.343 e. The molecule has 0 atom stereocenters. The largest absolute Gasteiger partial charge is 0.481 e. The molecule has 0 radical (unpaired) electrons. The van der Waals surface area contributed by atoms with E-state index in [-0.39, 0.29) is 12.1 Å². The van der Waals surface area contributed by atoms with Crippen LogP contribution >= 0.6 is 0 Å². The molecule has 4 N–H and O–H groups in total. The first kappa shape index (κ1) is 16.0. The molecule has 9 heteroatoms. The number of hydrogen-bond donors (Lipinski definition) is 4. The second-order valence-electron chi connectivity index (χ2n) is 4.56. The molecular formula is C14H13N3O6. The van der Waals surface area contributed by atoms with Crippen LogP contribution in [-0.2, 0) is 25.6 Å². The first-order valence-electron chi connectivity index (χ1n) is 6.49. The molecule has 0 saturated carbocycles. The molecule has 23 heavy (non-hydrogen) atoms. The topological polar surface area (TPSA) is 141 Å². The summed E-state index contributed by atoms with van der Waals surface area (Å²) in [7, 11) is 0. The monoisotopic (exact) mass is 319 g/mol. The number of aliphatic carboxylic acids is 1. The Hall–Kier alpha value is -3.36. The second-order valence-corrected chi connectivity index (χ2v) is 4.56. The SMILES string of the molecule is O=C(O)CC(=O)ONC(=O)/C(Cc1c[nH]c2ccccc12)=N\O. The van der Waals surface area contributed by atoms with E-state index in [1.165, 1.54) is 0 Å². The van der Waals surface area contributed by atoms with Crippen molar-refractivity contribution >= 4 is 34.5 Å². The normalized spacial score (nSPS) is 11.2. The number of carbonyl (C=O) groups is 3. The molecule has 0 saturated heterocycles. The van der Waals surface area contributed by atoms with Gasteiger partial charge in [0.05, 0.1) is 0 Å². The summed E-state index contributed by atoms with van der Waals surface area (Å²) >= 11 is 0. The molecule has 2 rings (SSSR count). The van der Waals surface area contributed by atoms with Crippen LogP contribution in [0.2, 0.25) is 0 Å². The van der Waals surface area contributed by atoms with E-state index in [2.05, 4.69) is 15.0 Å². The predicted octanol–water partition coefficient (Wildman–Crippen LogP) is 0.590. The molecule has 1 aromatic heterocycles. The number of fused-ring (bicyclic) bond motifs is 1. The summed E-state index contributed by atoms with van der Waals surface area (Å²) in [6.07, 6.45) is 0.761. The van der Waals surface area contributed by atoms with Crippen molar-refractivity contribution in [2.24, 2.45) is 5.16 Å². The summed E-state index contributed by atoms with van der Waals surface area (Å²) < 4.78 is 0. The standard InChI is InChI=1S/C14H13N3O6/c18-12(19)6-13(20)23-17-14(21)11(16-22)5-8-7-15-10-4-2-1-3-9(8)10/h1-4,7,15,22H,5-6H2,(H,17,21)(H,18,19)/b16-11-. The van der Waals surface area contributed by atoms with Crippen LogP contribution < -0.4 is 5.48 Å². The molecule has 0 aliphatic rings. The molecule has 2 aromatic rings. The number of nitrogens with zero attached hydrogens (tertiary/aromatic N) is 1. The van der Waals surface area contributed by atoms with Gasteiger partial charge >= 0.3 is 17.8 Å². The molecule has 120 valence electrons. The third-order valence-corrected chi connectivity index (χ3v) is 2.97. The summed E-state index contributed by atoms with van der Waals surface area (Å²) in [5.74, 6) is -3.48. The zero-order valence-corrected chi connectivity index (χ0v) is 11.8. The Balaban J connectivity index is 2.01. The summed E-state index contributed by atoms with van der Waals surface area (Å²) in [6.45, 7) is 0. The number of hydrogen-bond acceptors (Lipinski definition) is 6. The highest BCUT2D eigenvalue weighted by Crippen LogP contribution is 2.18. The zero-order valence-electron chi connectivity index (χ0n) is 11.8. The highest BCUT2D eigenvalue weighted by molar-refractivity contribution is 6.39. The van der Waals surface area contributed by atoms with Crippen molar-refractivity contribution in [1.82, 2.24) is 10.5 Å². The van der Waals surface area contributed by atoms with Crippen LogP contribution in [-0.4, -0.2) is 38.9 Å². The van der Waals surface area contributed by atoms with Gasteiger partial charge in [-0.2, -0.15) is 5.48 Å². The lowest BCUT2D eigenvalue weighted by Crippen LogP contribution is -2.34. The summed E-state index contributed by atoms with van der Waals surface area (Å²) in [4.78, 5) is 40.4. The van der Waals surface area contributed by atoms with Crippen LogP contribution in [0.3, 0.4) is 0 Å². The maximum absolute atomic E-state index is 11.8. The lowest BCUT2D eigenvalue weighted by Gasteiger charge is -2.06. The van der Waals surface area contributed by atoms with Gasteiger partial charge in [-0.15, -0.1) is 0 Å². The summed E-state index contributed by atoms with van der Waals surface area (Å²) in [6, 6.07) is 7.35. The minimum atomic E-state index is -1.39. The van der Waals surface area contributed by atoms with Gasteiger partial charge in [0.25, 0.3) is 0 Å². The number of benzene rings is 1. The quantitative estimate of drug-likeness (QED) is 0.275. The van der Waals surface area contributed by atoms with Gasteiger partial charge in [0.2, 0.25) is 0 Å². The maximum Gasteiger partial charge on any atom is 0.343 e. The van der Waals surface area contributed by atoms with Crippen molar-refractivity contribution in [3.8, 4) is 0 Å². The van der Waals surface area contributed by atoms with Gasteiger partial charge in [-0.25, -0.2) is 4.79 Å². The van der Waals surface area contributed by atoms with Crippen molar-refractivity contribution in [2.45, 2.75) is 12.8 Å². The molecule has 0 aliphatic heterocycles. The number of aromatic amines is 1. The molecule has 9 nitrogen and oxygen atoms in total. The summed E-state index contributed by atoms with van der Waals surface area (Å²) in [5, 5.41) is 21.1. The lowest BCUT2D eigenvalue weighted by molar-refractivity contribution is -0.160. The Morgan fingerprint density at radius 3 is 2.70 bits per heavy atom. The number of para-hydroxylation sites is 1. The van der Waals surface area contributed by atoms with Gasteiger partial charge in [0.1, 0.15) is 6.42 Å². The Labute approximate surface area is 129 Å². The number of hydroxylamine groups is 1. The molecule has 1 amide bonds. The van der Waals surface area contributed by atoms with Crippen LogP contribution in [0.4, 0.5) is 0 Å². The van der Waals surface area contributed by atoms with Gasteiger partial charge in [0.15, 0.2) is 5.71 Å². The number of rotatable bonds is 5. The fraction of sp³-hybridized carbons (Fsp3) is 0.143. The van der Waals surface area contributed by atoms with Crippen LogP contribution in [0.15, 0.2) is 35.6 Å². The number of H-pyrrole nitrogens is 1. The number of carboxylic acid groups (broad SMARTS) is 1. The molecular weight excluding hydrogens is 306 g/mol. The number of nitrogens with one attached hydrogen (secondary N) is 2. The van der Waals surface area contributed by atoms with Crippen LogP contribution in [0.5, 0.6) is 0 Å². The van der Waals surface area contributed by atoms with Crippen LogP contribution in [0.1, 0.15) is 12.0 Å². The average molecular weight is 319 g/mol.